The summed E-state index contributed by atoms with van der Waals surface area (Å²) in [7, 11) is 0. The maximum Gasteiger partial charge on any atom is 0.0860 e. The molecule has 3 aliphatic rings. The molecular formula is C20H25N3. The zero-order chi connectivity index (χ0) is 16.2. The van der Waals surface area contributed by atoms with Crippen molar-refractivity contribution in [1.82, 2.24) is 4.90 Å². The molecule has 0 amide bonds. The van der Waals surface area contributed by atoms with Gasteiger partial charge in [-0.05, 0) is 42.8 Å². The summed E-state index contributed by atoms with van der Waals surface area (Å²) in [5, 5.41) is 3.16. The first-order valence-corrected chi connectivity index (χ1v) is 8.45. The third kappa shape index (κ3) is 1.73. The van der Waals surface area contributed by atoms with Gasteiger partial charge in [-0.3, -0.25) is 4.99 Å². The predicted octanol–water partition coefficient (Wildman–Crippen LogP) is 4.58. The first-order chi connectivity index (χ1) is 11.0. The van der Waals surface area contributed by atoms with Gasteiger partial charge in [0.05, 0.1) is 11.4 Å². The maximum absolute atomic E-state index is 4.80. The summed E-state index contributed by atoms with van der Waals surface area (Å²) in [4.78, 5) is 7.29. The van der Waals surface area contributed by atoms with E-state index in [1.165, 1.54) is 12.8 Å². The number of likely N-dealkylation sites (tertiary alicyclic amines) is 1. The molecule has 1 spiro atoms. The molecule has 1 aromatic carbocycles. The molecule has 2 saturated carbocycles. The molecule has 0 radical (unpaired) electrons. The molecule has 120 valence electrons. The first-order valence-electron chi connectivity index (χ1n) is 8.45. The zero-order valence-corrected chi connectivity index (χ0v) is 14.0. The van der Waals surface area contributed by atoms with Crippen LogP contribution in [0.15, 0.2) is 54.8 Å². The smallest absolute Gasteiger partial charge is 0.0860 e. The highest BCUT2D eigenvalue weighted by Gasteiger charge is 2.79. The van der Waals surface area contributed by atoms with Crippen molar-refractivity contribution in [3.05, 3.63) is 49.8 Å². The lowest BCUT2D eigenvalue weighted by atomic mass is 9.31. The quantitative estimate of drug-likeness (QED) is 0.807. The van der Waals surface area contributed by atoms with Crippen LogP contribution in [-0.4, -0.2) is 23.2 Å². The number of piperidine rings is 2. The van der Waals surface area contributed by atoms with Crippen LogP contribution in [0.5, 0.6) is 0 Å². The molecule has 1 aromatic rings. The Morgan fingerprint density at radius 1 is 1.30 bits per heavy atom. The number of nitrogens with zero attached hydrogens (tertiary/aromatic N) is 2. The van der Waals surface area contributed by atoms with Gasteiger partial charge < -0.3 is 10.2 Å². The van der Waals surface area contributed by atoms with Crippen molar-refractivity contribution in [3.63, 3.8) is 0 Å². The van der Waals surface area contributed by atoms with Gasteiger partial charge in [0, 0.05) is 29.6 Å². The fourth-order valence-corrected chi connectivity index (χ4v) is 5.58. The van der Waals surface area contributed by atoms with Crippen LogP contribution < -0.4 is 5.32 Å². The van der Waals surface area contributed by atoms with E-state index < -0.39 is 0 Å². The average Bonchev–Trinajstić information content (AvgIpc) is 2.51. The lowest BCUT2D eigenvalue weighted by Crippen LogP contribution is -2.89. The van der Waals surface area contributed by atoms with Gasteiger partial charge in [-0.1, -0.05) is 39.1 Å². The van der Waals surface area contributed by atoms with Crippen molar-refractivity contribution < 1.29 is 0 Å². The average molecular weight is 307 g/mol. The molecule has 2 aliphatic carbocycles. The molecule has 3 heteroatoms. The molecule has 3 nitrogen and oxygen atoms in total. The highest BCUT2D eigenvalue weighted by atomic mass is 15.3. The summed E-state index contributed by atoms with van der Waals surface area (Å²) in [5.74, 6) is 0.596. The topological polar surface area (TPSA) is 27.6 Å². The van der Waals surface area contributed by atoms with Crippen LogP contribution in [0.1, 0.15) is 26.7 Å². The Morgan fingerprint density at radius 2 is 2.09 bits per heavy atom. The third-order valence-corrected chi connectivity index (χ3v) is 6.22. The Kier molecular flexibility index (Phi) is 2.99. The Labute approximate surface area is 138 Å². The van der Waals surface area contributed by atoms with E-state index >= 15 is 0 Å². The highest BCUT2D eigenvalue weighted by Crippen LogP contribution is 2.76. The molecule has 0 bridgehead atoms. The van der Waals surface area contributed by atoms with E-state index in [0.29, 0.717) is 28.8 Å². The van der Waals surface area contributed by atoms with Crippen LogP contribution in [0, 0.1) is 16.7 Å². The van der Waals surface area contributed by atoms with E-state index in [1.807, 2.05) is 24.4 Å². The van der Waals surface area contributed by atoms with Crippen molar-refractivity contribution in [1.29, 1.82) is 0 Å². The van der Waals surface area contributed by atoms with Gasteiger partial charge in [-0.25, -0.2) is 0 Å². The molecular weight excluding hydrogens is 282 g/mol. The summed E-state index contributed by atoms with van der Waals surface area (Å²) in [6.45, 7) is 12.5. The largest absolute Gasteiger partial charge is 0.370 e. The molecule has 1 N–H and O–H groups in total. The van der Waals surface area contributed by atoms with Gasteiger partial charge in [-0.2, -0.15) is 0 Å². The highest BCUT2D eigenvalue weighted by molar-refractivity contribution is 5.76. The SMILES string of the molecule is C=CNc1ccccc1N=CC1CC2N(C=C)C3C(C)(C)CC123. The minimum absolute atomic E-state index is 0.402. The first kappa shape index (κ1) is 14.6. The van der Waals surface area contributed by atoms with E-state index in [1.54, 1.807) is 6.20 Å². The normalized spacial score (nSPS) is 36.1. The van der Waals surface area contributed by atoms with Crippen LogP contribution in [0.4, 0.5) is 11.4 Å². The van der Waals surface area contributed by atoms with Gasteiger partial charge in [0.2, 0.25) is 0 Å². The number of hydrogen-bond donors (Lipinski definition) is 1. The zero-order valence-electron chi connectivity index (χ0n) is 14.0. The molecule has 3 fully saturated rings. The number of hydrogen-bond acceptors (Lipinski definition) is 3. The number of aliphatic imine (C=N–C) groups is 1. The molecule has 1 saturated heterocycles. The Morgan fingerprint density at radius 3 is 2.78 bits per heavy atom. The van der Waals surface area contributed by atoms with Crippen LogP contribution in [-0.2, 0) is 0 Å². The number of rotatable bonds is 5. The van der Waals surface area contributed by atoms with Crippen LogP contribution in [0.2, 0.25) is 0 Å². The van der Waals surface area contributed by atoms with Gasteiger partial charge in [0.1, 0.15) is 0 Å². The van der Waals surface area contributed by atoms with Crippen molar-refractivity contribution in [2.24, 2.45) is 21.7 Å². The third-order valence-electron chi connectivity index (χ3n) is 6.22. The minimum atomic E-state index is 0.402. The van der Waals surface area contributed by atoms with Crippen molar-refractivity contribution >= 4 is 17.6 Å². The summed E-state index contributed by atoms with van der Waals surface area (Å²) >= 11 is 0. The maximum atomic E-state index is 4.80. The van der Waals surface area contributed by atoms with Crippen LogP contribution in [0.3, 0.4) is 0 Å². The van der Waals surface area contributed by atoms with E-state index in [-0.39, 0.29) is 0 Å². The molecule has 4 rings (SSSR count). The monoisotopic (exact) mass is 307 g/mol. The van der Waals surface area contributed by atoms with Crippen LogP contribution in [0.25, 0.3) is 0 Å². The number of nitrogens with one attached hydrogen (secondary N) is 1. The Balaban J connectivity index is 1.54. The lowest BCUT2D eigenvalue weighted by Gasteiger charge is -2.84. The number of benzene rings is 1. The second-order valence-corrected chi connectivity index (χ2v) is 7.81. The lowest BCUT2D eigenvalue weighted by molar-refractivity contribution is -0.323. The second kappa shape index (κ2) is 4.73. The van der Waals surface area contributed by atoms with E-state index in [9.17, 15) is 0 Å². The summed E-state index contributed by atoms with van der Waals surface area (Å²) in [5.41, 5.74) is 2.86. The molecule has 4 atom stereocenters. The van der Waals surface area contributed by atoms with Crippen molar-refractivity contribution in [3.8, 4) is 0 Å². The minimum Gasteiger partial charge on any atom is -0.370 e. The standard InChI is InChI=1S/C20H25N3/c1-5-21-15-9-7-8-10-16(15)22-12-14-11-17-20(14)13-19(3,4)18(20)23(17)6-2/h5-10,12,14,17-18,21H,1-2,11,13H2,3-4H3. The number of para-hydroxylation sites is 2. The molecule has 4 unspecified atom stereocenters. The Bertz CT molecular complexity index is 690. The second-order valence-electron chi connectivity index (χ2n) is 7.81. The molecule has 1 heterocycles. The predicted molar refractivity (Wildman–Crippen MR) is 97.0 cm³/mol. The van der Waals surface area contributed by atoms with E-state index in [2.05, 4.69) is 49.5 Å². The number of anilines is 1. The fraction of sp³-hybridized carbons (Fsp3) is 0.450. The molecule has 23 heavy (non-hydrogen) atoms. The van der Waals surface area contributed by atoms with Crippen LogP contribution >= 0.6 is 0 Å². The summed E-state index contributed by atoms with van der Waals surface area (Å²) in [6, 6.07) is 9.46. The fourth-order valence-electron chi connectivity index (χ4n) is 5.58. The van der Waals surface area contributed by atoms with Crippen molar-refractivity contribution in [2.75, 3.05) is 5.32 Å². The van der Waals surface area contributed by atoms with Gasteiger partial charge in [0.25, 0.3) is 0 Å². The molecule has 1 aliphatic heterocycles. The summed E-state index contributed by atoms with van der Waals surface area (Å²) < 4.78 is 0. The molecule has 0 aromatic heterocycles. The van der Waals surface area contributed by atoms with E-state index in [4.69, 9.17) is 4.99 Å². The van der Waals surface area contributed by atoms with Crippen molar-refractivity contribution in [2.45, 2.75) is 38.8 Å². The summed E-state index contributed by atoms with van der Waals surface area (Å²) in [6.07, 6.45) is 8.46. The van der Waals surface area contributed by atoms with Gasteiger partial charge in [-0.15, -0.1) is 0 Å². The van der Waals surface area contributed by atoms with E-state index in [0.717, 1.165) is 11.4 Å². The van der Waals surface area contributed by atoms with Gasteiger partial charge >= 0.3 is 0 Å². The Hall–Kier alpha value is -2.03. The van der Waals surface area contributed by atoms with Gasteiger partial charge in [0.15, 0.2) is 0 Å².